The molecule has 0 unspecified atom stereocenters. The highest BCUT2D eigenvalue weighted by molar-refractivity contribution is 9.08. The molecular formula is C11H9BrOS. The summed E-state index contributed by atoms with van der Waals surface area (Å²) in [7, 11) is 0. The van der Waals surface area contributed by atoms with Gasteiger partial charge in [-0.2, -0.15) is 0 Å². The van der Waals surface area contributed by atoms with Gasteiger partial charge in [0.15, 0.2) is 6.29 Å². The molecule has 0 aliphatic heterocycles. The van der Waals surface area contributed by atoms with Crippen LogP contribution in [-0.2, 0) is 5.33 Å². The quantitative estimate of drug-likeness (QED) is 0.596. The predicted molar refractivity (Wildman–Crippen MR) is 64.6 cm³/mol. The third-order valence-corrected chi connectivity index (χ3v) is 3.90. The summed E-state index contributed by atoms with van der Waals surface area (Å²) >= 11 is 5.02. The van der Waals surface area contributed by atoms with Crippen molar-refractivity contribution in [1.82, 2.24) is 0 Å². The number of carbonyl (C=O) groups is 1. The van der Waals surface area contributed by atoms with Crippen molar-refractivity contribution in [3.63, 3.8) is 0 Å². The van der Waals surface area contributed by atoms with Crippen LogP contribution < -0.4 is 0 Å². The molecule has 0 amide bonds. The molecule has 1 heterocycles. The number of rotatable bonds is 2. The van der Waals surface area contributed by atoms with Crippen LogP contribution in [-0.4, -0.2) is 6.29 Å². The van der Waals surface area contributed by atoms with Gasteiger partial charge in [0.25, 0.3) is 0 Å². The molecule has 0 bridgehead atoms. The molecule has 14 heavy (non-hydrogen) atoms. The van der Waals surface area contributed by atoms with Crippen LogP contribution in [0.15, 0.2) is 18.2 Å². The molecule has 3 heteroatoms. The number of hydrogen-bond acceptors (Lipinski definition) is 2. The summed E-state index contributed by atoms with van der Waals surface area (Å²) in [6.07, 6.45) is 0.915. The average molecular weight is 269 g/mol. The van der Waals surface area contributed by atoms with Crippen molar-refractivity contribution < 1.29 is 4.79 Å². The van der Waals surface area contributed by atoms with Crippen LogP contribution in [0.25, 0.3) is 10.1 Å². The number of aryl methyl sites for hydroxylation is 1. The molecule has 0 aliphatic rings. The molecule has 0 atom stereocenters. The first-order valence-corrected chi connectivity index (χ1v) is 6.23. The topological polar surface area (TPSA) is 17.1 Å². The molecule has 1 aromatic carbocycles. The molecule has 0 saturated heterocycles. The van der Waals surface area contributed by atoms with Crippen LogP contribution in [0.3, 0.4) is 0 Å². The Morgan fingerprint density at radius 1 is 1.50 bits per heavy atom. The molecule has 0 radical (unpaired) electrons. The Labute approximate surface area is 94.9 Å². The van der Waals surface area contributed by atoms with Crippen LogP contribution in [0.1, 0.15) is 20.8 Å². The summed E-state index contributed by atoms with van der Waals surface area (Å²) in [5.74, 6) is 0. The summed E-state index contributed by atoms with van der Waals surface area (Å²) in [4.78, 5) is 11.5. The van der Waals surface area contributed by atoms with E-state index in [4.69, 9.17) is 0 Å². The maximum atomic E-state index is 10.7. The van der Waals surface area contributed by atoms with Crippen LogP contribution in [0, 0.1) is 6.92 Å². The Hall–Kier alpha value is -0.670. The van der Waals surface area contributed by atoms with Gasteiger partial charge in [-0.1, -0.05) is 22.0 Å². The van der Waals surface area contributed by atoms with Crippen LogP contribution in [0.4, 0.5) is 0 Å². The lowest BCUT2D eigenvalue weighted by molar-refractivity contribution is 0.112. The number of aldehydes is 1. The van der Waals surface area contributed by atoms with E-state index in [2.05, 4.69) is 35.0 Å². The molecule has 2 aromatic rings. The third kappa shape index (κ3) is 1.51. The van der Waals surface area contributed by atoms with E-state index in [1.54, 1.807) is 11.3 Å². The van der Waals surface area contributed by atoms with E-state index in [0.717, 1.165) is 16.5 Å². The van der Waals surface area contributed by atoms with Gasteiger partial charge in [-0.3, -0.25) is 4.79 Å². The first kappa shape index (κ1) is 9.87. The maximum absolute atomic E-state index is 10.7. The van der Waals surface area contributed by atoms with E-state index in [1.807, 2.05) is 6.07 Å². The van der Waals surface area contributed by atoms with Gasteiger partial charge in [-0.15, -0.1) is 11.3 Å². The van der Waals surface area contributed by atoms with Crippen molar-refractivity contribution in [3.05, 3.63) is 34.2 Å². The first-order valence-electron chi connectivity index (χ1n) is 4.29. The van der Waals surface area contributed by atoms with Gasteiger partial charge in [-0.25, -0.2) is 0 Å². The fourth-order valence-corrected chi connectivity index (χ4v) is 3.18. The van der Waals surface area contributed by atoms with E-state index >= 15 is 0 Å². The van der Waals surface area contributed by atoms with Crippen molar-refractivity contribution in [2.45, 2.75) is 12.3 Å². The zero-order valence-corrected chi connectivity index (χ0v) is 10.1. The number of halogens is 1. The van der Waals surface area contributed by atoms with Crippen LogP contribution in [0.5, 0.6) is 0 Å². The summed E-state index contributed by atoms with van der Waals surface area (Å²) in [5, 5.41) is 2.04. The second-order valence-corrected chi connectivity index (χ2v) is 4.85. The summed E-state index contributed by atoms with van der Waals surface area (Å²) in [5.41, 5.74) is 2.55. The second kappa shape index (κ2) is 3.83. The fraction of sp³-hybridized carbons (Fsp3) is 0.182. The Balaban J connectivity index is 2.79. The summed E-state index contributed by atoms with van der Waals surface area (Å²) in [6.45, 7) is 2.09. The van der Waals surface area contributed by atoms with Gasteiger partial charge in [0.2, 0.25) is 0 Å². The van der Waals surface area contributed by atoms with Crippen LogP contribution in [0.2, 0.25) is 0 Å². The average Bonchev–Trinajstić information content (AvgIpc) is 2.60. The maximum Gasteiger partial charge on any atom is 0.160 e. The minimum absolute atomic E-state index is 0.799. The summed E-state index contributed by atoms with van der Waals surface area (Å²) < 4.78 is 1.19. The van der Waals surface area contributed by atoms with Crippen molar-refractivity contribution >= 4 is 43.6 Å². The second-order valence-electron chi connectivity index (χ2n) is 3.17. The highest BCUT2D eigenvalue weighted by Gasteiger charge is 2.07. The molecule has 0 aliphatic carbocycles. The van der Waals surface area contributed by atoms with Gasteiger partial charge in [0.1, 0.15) is 0 Å². The number of benzene rings is 1. The molecule has 0 saturated carbocycles. The number of carbonyl (C=O) groups excluding carboxylic acids is 1. The smallest absolute Gasteiger partial charge is 0.160 e. The van der Waals surface area contributed by atoms with E-state index in [9.17, 15) is 4.79 Å². The third-order valence-electron chi connectivity index (χ3n) is 2.32. The molecule has 0 fully saturated rings. The molecule has 0 spiro atoms. The Morgan fingerprint density at radius 2 is 2.29 bits per heavy atom. The summed E-state index contributed by atoms with van der Waals surface area (Å²) in [6, 6.07) is 6.15. The molecule has 1 aromatic heterocycles. The van der Waals surface area contributed by atoms with Gasteiger partial charge >= 0.3 is 0 Å². The normalized spacial score (nSPS) is 10.7. The lowest BCUT2D eigenvalue weighted by atomic mass is 10.1. The zero-order valence-electron chi connectivity index (χ0n) is 7.71. The molecule has 1 nitrogen and oxygen atoms in total. The lowest BCUT2D eigenvalue weighted by Crippen LogP contribution is -1.83. The monoisotopic (exact) mass is 268 g/mol. The first-order chi connectivity index (χ1) is 6.76. The Kier molecular flexibility index (Phi) is 2.70. The molecule has 72 valence electrons. The van der Waals surface area contributed by atoms with E-state index in [1.165, 1.54) is 21.2 Å². The van der Waals surface area contributed by atoms with E-state index < -0.39 is 0 Å². The van der Waals surface area contributed by atoms with Crippen LogP contribution >= 0.6 is 27.3 Å². The zero-order chi connectivity index (χ0) is 10.1. The molecule has 2 rings (SSSR count). The highest BCUT2D eigenvalue weighted by atomic mass is 79.9. The standard InChI is InChI=1S/C11H9BrOS/c1-7-2-3-11-9(10(7)5-12)4-8(6-13)14-11/h2-4,6H,5H2,1H3. The molecular weight excluding hydrogens is 260 g/mol. The van der Waals surface area contributed by atoms with Crippen molar-refractivity contribution in [3.8, 4) is 0 Å². The predicted octanol–water partition coefficient (Wildman–Crippen LogP) is 3.92. The largest absolute Gasteiger partial charge is 0.297 e. The van der Waals surface area contributed by atoms with Gasteiger partial charge < -0.3 is 0 Å². The minimum Gasteiger partial charge on any atom is -0.297 e. The number of alkyl halides is 1. The fourth-order valence-electron chi connectivity index (χ4n) is 1.53. The Morgan fingerprint density at radius 3 is 2.93 bits per heavy atom. The number of hydrogen-bond donors (Lipinski definition) is 0. The van der Waals surface area contributed by atoms with Crippen molar-refractivity contribution in [2.75, 3.05) is 0 Å². The Bertz CT molecular complexity index is 487. The lowest BCUT2D eigenvalue weighted by Gasteiger charge is -2.02. The van der Waals surface area contributed by atoms with Gasteiger partial charge in [0, 0.05) is 10.0 Å². The van der Waals surface area contributed by atoms with Gasteiger partial charge in [-0.05, 0) is 35.6 Å². The van der Waals surface area contributed by atoms with Crippen molar-refractivity contribution in [2.24, 2.45) is 0 Å². The van der Waals surface area contributed by atoms with Gasteiger partial charge in [0.05, 0.1) is 4.88 Å². The highest BCUT2D eigenvalue weighted by Crippen LogP contribution is 2.30. The van der Waals surface area contributed by atoms with E-state index in [0.29, 0.717) is 0 Å². The van der Waals surface area contributed by atoms with Crippen molar-refractivity contribution in [1.29, 1.82) is 0 Å². The molecule has 0 N–H and O–H groups in total. The minimum atomic E-state index is 0.799. The number of fused-ring (bicyclic) bond motifs is 1. The SMILES string of the molecule is Cc1ccc2sc(C=O)cc2c1CBr. The number of thiophene rings is 1. The van der Waals surface area contributed by atoms with E-state index in [-0.39, 0.29) is 0 Å².